The zero-order chi connectivity index (χ0) is 24.3. The number of fused-ring (bicyclic) bond motifs is 2. The number of carbonyl (C=O) groups excluding carboxylic acids is 1. The fourth-order valence-electron chi connectivity index (χ4n) is 6.71. The van der Waals surface area contributed by atoms with Crippen molar-refractivity contribution in [1.29, 1.82) is 5.26 Å². The number of nitriles is 1. The van der Waals surface area contributed by atoms with E-state index in [9.17, 15) is 20.0 Å². The van der Waals surface area contributed by atoms with Crippen molar-refractivity contribution in [2.24, 2.45) is 23.2 Å². The quantitative estimate of drug-likeness (QED) is 0.651. The molecule has 2 aromatic rings. The number of carboxylic acids is 1. The Labute approximate surface area is 200 Å². The molecule has 34 heavy (non-hydrogen) atoms. The summed E-state index contributed by atoms with van der Waals surface area (Å²) in [5.41, 5.74) is 2.82. The van der Waals surface area contributed by atoms with Crippen molar-refractivity contribution in [1.82, 2.24) is 0 Å². The van der Waals surface area contributed by atoms with Crippen LogP contribution in [-0.2, 0) is 16.8 Å². The van der Waals surface area contributed by atoms with Crippen molar-refractivity contribution in [2.45, 2.75) is 39.2 Å². The molecule has 0 saturated heterocycles. The van der Waals surface area contributed by atoms with Crippen molar-refractivity contribution in [3.63, 3.8) is 0 Å². The highest BCUT2D eigenvalue weighted by Crippen LogP contribution is 2.77. The summed E-state index contributed by atoms with van der Waals surface area (Å²) in [5.74, 6) is -0.317. The standard InChI is InChI=1S/C29H28N2O3/c1-18(2)28(23-12-11-20(15-30)13-19(23)3)17-29(28)24-9-4-5-10-25(24)31(27(29)34)16-21-7-6-8-22(14-21)26(32)33/h4-14,18-19,23H,16-17H2,1-3H3,(H,32,33)/t19?,23?,28-,29-/m0/s1. The van der Waals surface area contributed by atoms with Gasteiger partial charge < -0.3 is 10.0 Å². The molecule has 3 aliphatic rings. The van der Waals surface area contributed by atoms with Crippen LogP contribution in [0.3, 0.4) is 0 Å². The molecule has 1 fully saturated rings. The molecule has 4 atom stereocenters. The lowest BCUT2D eigenvalue weighted by molar-refractivity contribution is -0.122. The molecule has 1 spiro atoms. The molecule has 0 bridgehead atoms. The van der Waals surface area contributed by atoms with Crippen LogP contribution >= 0.6 is 0 Å². The summed E-state index contributed by atoms with van der Waals surface area (Å²) in [6.45, 7) is 6.88. The molecule has 1 heterocycles. The third-order valence-electron chi connectivity index (χ3n) is 8.25. The first-order valence-corrected chi connectivity index (χ1v) is 11.8. The highest BCUT2D eigenvalue weighted by Gasteiger charge is 2.79. The van der Waals surface area contributed by atoms with Gasteiger partial charge in [-0.15, -0.1) is 0 Å². The summed E-state index contributed by atoms with van der Waals surface area (Å²) in [5, 5.41) is 18.8. The molecule has 5 heteroatoms. The predicted octanol–water partition coefficient (Wildman–Crippen LogP) is 5.49. The lowest BCUT2D eigenvalue weighted by atomic mass is 9.66. The predicted molar refractivity (Wildman–Crippen MR) is 130 cm³/mol. The fraction of sp³-hybridized carbons (Fsp3) is 0.345. The van der Waals surface area contributed by atoms with E-state index in [1.54, 1.807) is 18.2 Å². The molecular formula is C29H28N2O3. The molecule has 1 amide bonds. The number of nitrogens with zero attached hydrogens (tertiary/aromatic N) is 2. The van der Waals surface area contributed by atoms with Crippen LogP contribution in [0.5, 0.6) is 0 Å². The number of carbonyl (C=O) groups is 2. The topological polar surface area (TPSA) is 81.4 Å². The Balaban J connectivity index is 1.57. The number of hydrogen-bond acceptors (Lipinski definition) is 3. The Bertz CT molecular complexity index is 1300. The summed E-state index contributed by atoms with van der Waals surface area (Å²) in [7, 11) is 0. The Hall–Kier alpha value is -3.65. The molecule has 0 aromatic heterocycles. The molecule has 5 rings (SSSR count). The summed E-state index contributed by atoms with van der Waals surface area (Å²) in [6, 6.07) is 17.1. The smallest absolute Gasteiger partial charge is 0.335 e. The number of aromatic carboxylic acids is 1. The molecule has 2 aromatic carbocycles. The van der Waals surface area contributed by atoms with Crippen molar-refractivity contribution in [3.05, 3.63) is 89.0 Å². The first-order valence-electron chi connectivity index (χ1n) is 11.8. The third kappa shape index (κ3) is 2.91. The van der Waals surface area contributed by atoms with Crippen molar-refractivity contribution in [3.8, 4) is 6.07 Å². The van der Waals surface area contributed by atoms with Gasteiger partial charge >= 0.3 is 5.97 Å². The minimum atomic E-state index is -0.977. The number of para-hydroxylation sites is 1. The molecule has 0 radical (unpaired) electrons. The average Bonchev–Trinajstić information content (AvgIpc) is 3.49. The maximum atomic E-state index is 14.3. The molecule has 1 saturated carbocycles. The van der Waals surface area contributed by atoms with Gasteiger partial charge in [-0.05, 0) is 65.0 Å². The van der Waals surface area contributed by atoms with Gasteiger partial charge in [0.05, 0.1) is 23.6 Å². The maximum Gasteiger partial charge on any atom is 0.335 e. The Kier molecular flexibility index (Phi) is 5.02. The Morgan fingerprint density at radius 1 is 1.24 bits per heavy atom. The monoisotopic (exact) mass is 452 g/mol. The van der Waals surface area contributed by atoms with Gasteiger partial charge in [-0.3, -0.25) is 4.79 Å². The maximum absolute atomic E-state index is 14.3. The van der Waals surface area contributed by atoms with E-state index < -0.39 is 11.4 Å². The number of allylic oxidation sites excluding steroid dienone is 4. The van der Waals surface area contributed by atoms with Gasteiger partial charge in [0.2, 0.25) is 5.91 Å². The second-order valence-corrected chi connectivity index (χ2v) is 10.2. The van der Waals surface area contributed by atoms with Crippen LogP contribution in [0.4, 0.5) is 5.69 Å². The van der Waals surface area contributed by atoms with E-state index in [0.717, 1.165) is 23.2 Å². The van der Waals surface area contributed by atoms with Crippen LogP contribution in [0.2, 0.25) is 0 Å². The average molecular weight is 453 g/mol. The van der Waals surface area contributed by atoms with Crippen LogP contribution < -0.4 is 4.90 Å². The molecule has 2 aliphatic carbocycles. The van der Waals surface area contributed by atoms with E-state index in [2.05, 4.69) is 39.0 Å². The number of rotatable bonds is 5. The largest absolute Gasteiger partial charge is 0.478 e. The zero-order valence-electron chi connectivity index (χ0n) is 19.7. The molecule has 172 valence electrons. The summed E-state index contributed by atoms with van der Waals surface area (Å²) < 4.78 is 0. The van der Waals surface area contributed by atoms with E-state index in [-0.39, 0.29) is 34.6 Å². The summed E-state index contributed by atoms with van der Waals surface area (Å²) in [4.78, 5) is 27.6. The highest BCUT2D eigenvalue weighted by atomic mass is 16.4. The van der Waals surface area contributed by atoms with Gasteiger partial charge in [-0.2, -0.15) is 5.26 Å². The van der Waals surface area contributed by atoms with Crippen molar-refractivity contribution < 1.29 is 14.7 Å². The van der Waals surface area contributed by atoms with E-state index in [1.165, 1.54) is 0 Å². The Morgan fingerprint density at radius 3 is 2.68 bits per heavy atom. The molecule has 1 N–H and O–H groups in total. The second-order valence-electron chi connectivity index (χ2n) is 10.2. The number of benzene rings is 2. The second kappa shape index (κ2) is 7.70. The van der Waals surface area contributed by atoms with Gasteiger partial charge in [0.1, 0.15) is 0 Å². The minimum absolute atomic E-state index is 0.0961. The molecular weight excluding hydrogens is 424 g/mol. The molecule has 2 unspecified atom stereocenters. The lowest BCUT2D eigenvalue weighted by Gasteiger charge is -2.37. The highest BCUT2D eigenvalue weighted by molar-refractivity contribution is 6.11. The minimum Gasteiger partial charge on any atom is -0.478 e. The van der Waals surface area contributed by atoms with E-state index in [0.29, 0.717) is 12.1 Å². The first kappa shape index (κ1) is 22.2. The first-order chi connectivity index (χ1) is 16.3. The summed E-state index contributed by atoms with van der Waals surface area (Å²) in [6.07, 6.45) is 6.85. The number of hydrogen-bond donors (Lipinski definition) is 1. The number of carboxylic acid groups (broad SMARTS) is 1. The van der Waals surface area contributed by atoms with E-state index in [1.807, 2.05) is 41.3 Å². The van der Waals surface area contributed by atoms with E-state index >= 15 is 0 Å². The van der Waals surface area contributed by atoms with Crippen molar-refractivity contribution in [2.75, 3.05) is 4.90 Å². The number of amides is 1. The summed E-state index contributed by atoms with van der Waals surface area (Å²) >= 11 is 0. The van der Waals surface area contributed by atoms with E-state index in [4.69, 9.17) is 0 Å². The fourth-order valence-corrected chi connectivity index (χ4v) is 6.71. The van der Waals surface area contributed by atoms with Gasteiger partial charge in [0, 0.05) is 11.3 Å². The van der Waals surface area contributed by atoms with Crippen LogP contribution in [-0.4, -0.2) is 17.0 Å². The van der Waals surface area contributed by atoms with Crippen LogP contribution in [0.1, 0.15) is 48.7 Å². The zero-order valence-corrected chi connectivity index (χ0v) is 19.7. The van der Waals surface area contributed by atoms with Gasteiger partial charge in [-0.1, -0.05) is 63.3 Å². The normalized spacial score (nSPS) is 29.2. The van der Waals surface area contributed by atoms with Gasteiger partial charge in [0.25, 0.3) is 0 Å². The van der Waals surface area contributed by atoms with Crippen molar-refractivity contribution >= 4 is 17.6 Å². The van der Waals surface area contributed by atoms with Crippen LogP contribution in [0.15, 0.2) is 72.3 Å². The van der Waals surface area contributed by atoms with Gasteiger partial charge in [0.15, 0.2) is 0 Å². The van der Waals surface area contributed by atoms with Crippen LogP contribution in [0, 0.1) is 34.5 Å². The SMILES string of the molecule is CC1C=C(C#N)C=CC1[C@@]1(C(C)C)C[C@]12C(=O)N(Cc1cccc(C(=O)O)c1)c1ccccc12. The number of anilines is 1. The van der Waals surface area contributed by atoms with Crippen LogP contribution in [0.25, 0.3) is 0 Å². The van der Waals surface area contributed by atoms with Gasteiger partial charge in [-0.25, -0.2) is 4.79 Å². The molecule has 1 aliphatic heterocycles. The Morgan fingerprint density at radius 2 is 2.00 bits per heavy atom. The lowest BCUT2D eigenvalue weighted by Crippen LogP contribution is -2.40. The third-order valence-corrected chi connectivity index (χ3v) is 8.25. The molecule has 5 nitrogen and oxygen atoms in total.